The molecular weight excluding hydrogens is 180 g/mol. The molecule has 1 unspecified atom stereocenters. The lowest BCUT2D eigenvalue weighted by atomic mass is 10.2. The Balaban J connectivity index is 3.98. The van der Waals surface area contributed by atoms with E-state index in [0.717, 1.165) is 0 Å². The number of carbonyl (C=O) groups is 1. The van der Waals surface area contributed by atoms with Crippen LogP contribution in [0.25, 0.3) is 0 Å². The van der Waals surface area contributed by atoms with Crippen molar-refractivity contribution in [1.29, 1.82) is 0 Å². The summed E-state index contributed by atoms with van der Waals surface area (Å²) >= 11 is 0. The number of hydrogen-bond donors (Lipinski definition) is 3. The molecule has 1 amide bonds. The van der Waals surface area contributed by atoms with Crippen molar-refractivity contribution in [3.63, 3.8) is 0 Å². The molecule has 0 saturated heterocycles. The van der Waals surface area contributed by atoms with Crippen LogP contribution in [0.2, 0.25) is 0 Å². The van der Waals surface area contributed by atoms with E-state index in [1.807, 2.05) is 0 Å². The summed E-state index contributed by atoms with van der Waals surface area (Å²) in [4.78, 5) is 15.2. The van der Waals surface area contributed by atoms with E-state index in [0.29, 0.717) is 18.4 Å². The molecule has 1 atom stereocenters. The predicted octanol–water partition coefficient (Wildman–Crippen LogP) is -0.319. The third-order valence-electron chi connectivity index (χ3n) is 1.63. The first-order chi connectivity index (χ1) is 6.47. The lowest BCUT2D eigenvalue weighted by molar-refractivity contribution is -0.121. The maximum atomic E-state index is 11.1. The molecule has 0 saturated carbocycles. The SMILES string of the molecule is CNC(=O)C(C)NC(N)=NCC(C)C. The molecule has 14 heavy (non-hydrogen) atoms. The van der Waals surface area contributed by atoms with Crippen LogP contribution in [0, 0.1) is 5.92 Å². The Hall–Kier alpha value is -1.26. The van der Waals surface area contributed by atoms with Gasteiger partial charge in [0, 0.05) is 13.6 Å². The monoisotopic (exact) mass is 200 g/mol. The first kappa shape index (κ1) is 12.7. The third kappa shape index (κ3) is 5.40. The van der Waals surface area contributed by atoms with Crippen LogP contribution in [0.4, 0.5) is 0 Å². The van der Waals surface area contributed by atoms with Crippen molar-refractivity contribution in [3.8, 4) is 0 Å². The van der Waals surface area contributed by atoms with Gasteiger partial charge in [-0.1, -0.05) is 13.8 Å². The smallest absolute Gasteiger partial charge is 0.242 e. The van der Waals surface area contributed by atoms with Gasteiger partial charge in [-0.3, -0.25) is 9.79 Å². The highest BCUT2D eigenvalue weighted by molar-refractivity contribution is 5.87. The van der Waals surface area contributed by atoms with Crippen LogP contribution in [-0.2, 0) is 4.79 Å². The number of nitrogens with zero attached hydrogens (tertiary/aromatic N) is 1. The second-order valence-electron chi connectivity index (χ2n) is 3.60. The standard InChI is InChI=1S/C9H20N4O/c1-6(2)5-12-9(10)13-7(3)8(14)11-4/h6-7H,5H2,1-4H3,(H,11,14)(H3,10,12,13). The number of aliphatic imine (C=N–C) groups is 1. The molecule has 0 heterocycles. The van der Waals surface area contributed by atoms with E-state index >= 15 is 0 Å². The molecule has 0 bridgehead atoms. The molecule has 0 aliphatic rings. The Bertz CT molecular complexity index is 213. The van der Waals surface area contributed by atoms with E-state index in [2.05, 4.69) is 29.5 Å². The maximum absolute atomic E-state index is 11.1. The number of likely N-dealkylation sites (N-methyl/N-ethyl adjacent to an activating group) is 1. The fourth-order valence-corrected chi connectivity index (χ4v) is 0.830. The number of nitrogens with one attached hydrogen (secondary N) is 2. The molecule has 0 rings (SSSR count). The fourth-order valence-electron chi connectivity index (χ4n) is 0.830. The summed E-state index contributed by atoms with van der Waals surface area (Å²) in [6.07, 6.45) is 0. The predicted molar refractivity (Wildman–Crippen MR) is 58.0 cm³/mol. The van der Waals surface area contributed by atoms with E-state index < -0.39 is 0 Å². The average molecular weight is 200 g/mol. The second-order valence-corrected chi connectivity index (χ2v) is 3.60. The molecule has 0 aromatic carbocycles. The Labute approximate surface area is 85.2 Å². The van der Waals surface area contributed by atoms with Gasteiger partial charge < -0.3 is 16.4 Å². The van der Waals surface area contributed by atoms with Gasteiger partial charge in [0.05, 0.1) is 0 Å². The summed E-state index contributed by atoms with van der Waals surface area (Å²) in [5.41, 5.74) is 5.57. The lowest BCUT2D eigenvalue weighted by Crippen LogP contribution is -2.46. The first-order valence-electron chi connectivity index (χ1n) is 4.75. The van der Waals surface area contributed by atoms with Gasteiger partial charge in [0.25, 0.3) is 0 Å². The average Bonchev–Trinajstić information content (AvgIpc) is 2.13. The van der Waals surface area contributed by atoms with Crippen LogP contribution in [0.3, 0.4) is 0 Å². The molecule has 0 aliphatic carbocycles. The minimum atomic E-state index is -0.351. The number of guanidine groups is 1. The summed E-state index contributed by atoms with van der Waals surface area (Å²) in [5.74, 6) is 0.674. The summed E-state index contributed by atoms with van der Waals surface area (Å²) in [5, 5.41) is 5.32. The molecule has 0 spiro atoms. The van der Waals surface area contributed by atoms with Crippen LogP contribution in [0.1, 0.15) is 20.8 Å². The highest BCUT2D eigenvalue weighted by atomic mass is 16.2. The van der Waals surface area contributed by atoms with E-state index in [9.17, 15) is 4.79 Å². The molecule has 5 heteroatoms. The summed E-state index contributed by atoms with van der Waals surface area (Å²) in [7, 11) is 1.59. The summed E-state index contributed by atoms with van der Waals surface area (Å²) in [6, 6.07) is -0.351. The molecule has 4 N–H and O–H groups in total. The number of hydrogen-bond acceptors (Lipinski definition) is 2. The zero-order chi connectivity index (χ0) is 11.1. The summed E-state index contributed by atoms with van der Waals surface area (Å²) in [6.45, 7) is 6.51. The van der Waals surface area contributed by atoms with Crippen LogP contribution < -0.4 is 16.4 Å². The van der Waals surface area contributed by atoms with Crippen LogP contribution in [-0.4, -0.2) is 31.5 Å². The molecule has 5 nitrogen and oxygen atoms in total. The van der Waals surface area contributed by atoms with Gasteiger partial charge >= 0.3 is 0 Å². The van der Waals surface area contributed by atoms with Crippen molar-refractivity contribution in [2.45, 2.75) is 26.8 Å². The Kier molecular flexibility index (Phi) is 5.67. The van der Waals surface area contributed by atoms with Gasteiger partial charge in [-0.2, -0.15) is 0 Å². The van der Waals surface area contributed by atoms with Crippen molar-refractivity contribution in [2.24, 2.45) is 16.6 Å². The normalized spacial score (nSPS) is 13.9. The molecule has 0 radical (unpaired) electrons. The quantitative estimate of drug-likeness (QED) is 0.430. The van der Waals surface area contributed by atoms with Crippen molar-refractivity contribution in [2.75, 3.05) is 13.6 Å². The molecule has 0 aromatic heterocycles. The largest absolute Gasteiger partial charge is 0.370 e. The molecule has 82 valence electrons. The molecule has 0 aromatic rings. The van der Waals surface area contributed by atoms with Crippen LogP contribution in [0.15, 0.2) is 4.99 Å². The van der Waals surface area contributed by atoms with Crippen LogP contribution in [0.5, 0.6) is 0 Å². The van der Waals surface area contributed by atoms with Crippen LogP contribution >= 0.6 is 0 Å². The Morgan fingerprint density at radius 1 is 1.43 bits per heavy atom. The van der Waals surface area contributed by atoms with E-state index in [4.69, 9.17) is 5.73 Å². The van der Waals surface area contributed by atoms with Gasteiger partial charge in [-0.05, 0) is 12.8 Å². The number of carbonyl (C=O) groups excluding carboxylic acids is 1. The van der Waals surface area contributed by atoms with Crippen molar-refractivity contribution >= 4 is 11.9 Å². The third-order valence-corrected chi connectivity index (χ3v) is 1.63. The van der Waals surface area contributed by atoms with Gasteiger partial charge in [0.2, 0.25) is 5.91 Å². The van der Waals surface area contributed by atoms with E-state index in [1.54, 1.807) is 14.0 Å². The van der Waals surface area contributed by atoms with E-state index in [-0.39, 0.29) is 11.9 Å². The lowest BCUT2D eigenvalue weighted by Gasteiger charge is -2.12. The van der Waals surface area contributed by atoms with Crippen molar-refractivity contribution in [1.82, 2.24) is 10.6 Å². The zero-order valence-electron chi connectivity index (χ0n) is 9.29. The first-order valence-corrected chi connectivity index (χ1v) is 4.75. The van der Waals surface area contributed by atoms with E-state index in [1.165, 1.54) is 0 Å². The number of amides is 1. The number of nitrogens with two attached hydrogens (primary N) is 1. The number of rotatable bonds is 4. The Morgan fingerprint density at radius 2 is 2.00 bits per heavy atom. The Morgan fingerprint density at radius 3 is 2.43 bits per heavy atom. The van der Waals surface area contributed by atoms with Gasteiger partial charge in [-0.25, -0.2) is 0 Å². The topological polar surface area (TPSA) is 79.5 Å². The van der Waals surface area contributed by atoms with Crippen molar-refractivity contribution < 1.29 is 4.79 Å². The highest BCUT2D eigenvalue weighted by Gasteiger charge is 2.10. The van der Waals surface area contributed by atoms with Gasteiger partial charge in [0.15, 0.2) is 5.96 Å². The van der Waals surface area contributed by atoms with Gasteiger partial charge in [-0.15, -0.1) is 0 Å². The minimum Gasteiger partial charge on any atom is -0.370 e. The zero-order valence-corrected chi connectivity index (χ0v) is 9.29. The summed E-state index contributed by atoms with van der Waals surface area (Å²) < 4.78 is 0. The van der Waals surface area contributed by atoms with Gasteiger partial charge in [0.1, 0.15) is 6.04 Å². The molecular formula is C9H20N4O. The van der Waals surface area contributed by atoms with Crippen molar-refractivity contribution in [3.05, 3.63) is 0 Å². The molecule has 0 aliphatic heterocycles. The molecule has 0 fully saturated rings. The minimum absolute atomic E-state index is 0.104. The second kappa shape index (κ2) is 6.23. The maximum Gasteiger partial charge on any atom is 0.242 e. The highest BCUT2D eigenvalue weighted by Crippen LogP contribution is 1.90. The fraction of sp³-hybridized carbons (Fsp3) is 0.778.